The van der Waals surface area contributed by atoms with E-state index in [-0.39, 0.29) is 0 Å². The molecule has 0 unspecified atom stereocenters. The molecule has 0 aromatic heterocycles. The minimum Gasteiger partial charge on any atom is -0.313 e. The van der Waals surface area contributed by atoms with Crippen molar-refractivity contribution >= 4 is 0 Å². The van der Waals surface area contributed by atoms with E-state index >= 15 is 0 Å². The van der Waals surface area contributed by atoms with Gasteiger partial charge in [-0.2, -0.15) is 0 Å². The van der Waals surface area contributed by atoms with Crippen molar-refractivity contribution < 1.29 is 0 Å². The highest BCUT2D eigenvalue weighted by Gasteiger charge is 2.47. The van der Waals surface area contributed by atoms with Crippen LogP contribution in [0.15, 0.2) is 11.6 Å². The highest BCUT2D eigenvalue weighted by atomic mass is 14.8. The minimum absolute atomic E-state index is 1.11. The van der Waals surface area contributed by atoms with Crippen molar-refractivity contribution in [1.29, 1.82) is 0 Å². The minimum atomic E-state index is 1.11. The molecule has 5 rings (SSSR count). The molecule has 4 aliphatic carbocycles. The van der Waals surface area contributed by atoms with Gasteiger partial charge in [0.1, 0.15) is 0 Å². The first-order chi connectivity index (χ1) is 8.88. The fourth-order valence-electron chi connectivity index (χ4n) is 5.76. The predicted octanol–water partition coefficient (Wildman–Crippen LogP) is 3.76. The zero-order valence-corrected chi connectivity index (χ0v) is 11.5. The standard InChI is InChI=1S/C17H27N/c1(12-3-5-18-6-4-12)2-17-15-8-13-7-14(10-15)11-16(17)9-13/h3,13-18H,1-2,4-11H2. The lowest BCUT2D eigenvalue weighted by Crippen LogP contribution is -2.45. The van der Waals surface area contributed by atoms with E-state index in [1.54, 1.807) is 37.7 Å². The SMILES string of the molecule is C1=C(CCC2C3CC4CC(C3)CC2C4)CCNC1. The molecule has 0 spiro atoms. The number of rotatable bonds is 3. The number of hydrogen-bond donors (Lipinski definition) is 1. The van der Waals surface area contributed by atoms with Gasteiger partial charge in [0.2, 0.25) is 0 Å². The van der Waals surface area contributed by atoms with Gasteiger partial charge in [0.15, 0.2) is 0 Å². The summed E-state index contributed by atoms with van der Waals surface area (Å²) in [6.45, 7) is 2.34. The predicted molar refractivity (Wildman–Crippen MR) is 75.3 cm³/mol. The third-order valence-corrected chi connectivity index (χ3v) is 6.38. The van der Waals surface area contributed by atoms with E-state index in [1.807, 2.05) is 0 Å². The molecule has 1 N–H and O–H groups in total. The molecule has 1 heterocycles. The summed E-state index contributed by atoms with van der Waals surface area (Å²) in [4.78, 5) is 0. The van der Waals surface area contributed by atoms with Gasteiger partial charge in [-0.3, -0.25) is 0 Å². The van der Waals surface area contributed by atoms with E-state index in [4.69, 9.17) is 0 Å². The third kappa shape index (κ3) is 2.05. The Labute approximate surface area is 111 Å². The normalized spacial score (nSPS) is 46.2. The maximum absolute atomic E-state index is 3.43. The van der Waals surface area contributed by atoms with Crippen molar-refractivity contribution in [2.45, 2.75) is 51.4 Å². The highest BCUT2D eigenvalue weighted by Crippen LogP contribution is 2.57. The van der Waals surface area contributed by atoms with Gasteiger partial charge in [0.05, 0.1) is 0 Å². The molecule has 4 bridgehead atoms. The molecule has 100 valence electrons. The Morgan fingerprint density at radius 2 is 1.72 bits per heavy atom. The van der Waals surface area contributed by atoms with Crippen molar-refractivity contribution in [3.05, 3.63) is 11.6 Å². The molecule has 0 aromatic carbocycles. The highest BCUT2D eigenvalue weighted by molar-refractivity contribution is 5.08. The maximum atomic E-state index is 3.43. The van der Waals surface area contributed by atoms with Crippen LogP contribution in [0.3, 0.4) is 0 Å². The maximum Gasteiger partial charge on any atom is 0.0137 e. The van der Waals surface area contributed by atoms with Crippen molar-refractivity contribution in [1.82, 2.24) is 5.32 Å². The first-order valence-electron chi connectivity index (χ1n) is 8.27. The van der Waals surface area contributed by atoms with Crippen LogP contribution in [0, 0.1) is 29.6 Å². The second kappa shape index (κ2) is 4.67. The largest absolute Gasteiger partial charge is 0.313 e. The molecule has 0 radical (unpaired) electrons. The Morgan fingerprint density at radius 1 is 1.00 bits per heavy atom. The Bertz CT molecular complexity index is 316. The molecule has 0 aromatic rings. The average molecular weight is 245 g/mol. The van der Waals surface area contributed by atoms with Gasteiger partial charge >= 0.3 is 0 Å². The molecule has 1 heteroatoms. The lowest BCUT2D eigenvalue weighted by atomic mass is 9.51. The first kappa shape index (κ1) is 11.5. The third-order valence-electron chi connectivity index (χ3n) is 6.38. The van der Waals surface area contributed by atoms with Crippen LogP contribution in [0.5, 0.6) is 0 Å². The van der Waals surface area contributed by atoms with Crippen LogP contribution in [-0.4, -0.2) is 13.1 Å². The van der Waals surface area contributed by atoms with Gasteiger partial charge in [0.25, 0.3) is 0 Å². The zero-order chi connectivity index (χ0) is 11.9. The molecule has 0 atom stereocenters. The van der Waals surface area contributed by atoms with Crippen molar-refractivity contribution in [3.8, 4) is 0 Å². The quantitative estimate of drug-likeness (QED) is 0.747. The van der Waals surface area contributed by atoms with Gasteiger partial charge in [0, 0.05) is 6.54 Å². The smallest absolute Gasteiger partial charge is 0.0137 e. The second-order valence-corrected chi connectivity index (χ2v) is 7.45. The molecule has 1 nitrogen and oxygen atoms in total. The molecule has 4 saturated carbocycles. The Morgan fingerprint density at radius 3 is 2.33 bits per heavy atom. The molecule has 18 heavy (non-hydrogen) atoms. The summed E-state index contributed by atoms with van der Waals surface area (Å²) in [5.41, 5.74) is 1.75. The first-order valence-corrected chi connectivity index (χ1v) is 8.27. The molecule has 4 fully saturated rings. The van der Waals surface area contributed by atoms with E-state index in [1.165, 1.54) is 25.8 Å². The van der Waals surface area contributed by atoms with Crippen molar-refractivity contribution in [2.24, 2.45) is 29.6 Å². The molecular weight excluding hydrogens is 218 g/mol. The summed E-state index contributed by atoms with van der Waals surface area (Å²) in [5.74, 6) is 5.64. The number of hydrogen-bond acceptors (Lipinski definition) is 1. The summed E-state index contributed by atoms with van der Waals surface area (Å²) in [5, 5.41) is 3.43. The monoisotopic (exact) mass is 245 g/mol. The van der Waals surface area contributed by atoms with Gasteiger partial charge in [-0.1, -0.05) is 11.6 Å². The van der Waals surface area contributed by atoms with E-state index in [0.717, 1.165) is 36.1 Å². The summed E-state index contributed by atoms with van der Waals surface area (Å²) < 4.78 is 0. The Hall–Kier alpha value is -0.300. The van der Waals surface area contributed by atoms with E-state index in [9.17, 15) is 0 Å². The van der Waals surface area contributed by atoms with E-state index in [0.29, 0.717) is 0 Å². The lowest BCUT2D eigenvalue weighted by Gasteiger charge is -2.54. The van der Waals surface area contributed by atoms with Gasteiger partial charge in [-0.05, 0) is 87.5 Å². The Balaban J connectivity index is 1.38. The van der Waals surface area contributed by atoms with E-state index < -0.39 is 0 Å². The summed E-state index contributed by atoms with van der Waals surface area (Å²) in [6, 6.07) is 0. The summed E-state index contributed by atoms with van der Waals surface area (Å²) in [7, 11) is 0. The van der Waals surface area contributed by atoms with Crippen molar-refractivity contribution in [3.63, 3.8) is 0 Å². The van der Waals surface area contributed by atoms with Crippen LogP contribution in [0.4, 0.5) is 0 Å². The van der Waals surface area contributed by atoms with Crippen LogP contribution in [0.25, 0.3) is 0 Å². The van der Waals surface area contributed by atoms with Crippen LogP contribution in [0.1, 0.15) is 51.4 Å². The fourth-order valence-corrected chi connectivity index (χ4v) is 5.76. The van der Waals surface area contributed by atoms with Crippen LogP contribution >= 0.6 is 0 Å². The van der Waals surface area contributed by atoms with Crippen LogP contribution in [-0.2, 0) is 0 Å². The van der Waals surface area contributed by atoms with E-state index in [2.05, 4.69) is 11.4 Å². The van der Waals surface area contributed by atoms with Gasteiger partial charge < -0.3 is 5.32 Å². The fraction of sp³-hybridized carbons (Fsp3) is 0.882. The van der Waals surface area contributed by atoms with Crippen LogP contribution in [0.2, 0.25) is 0 Å². The topological polar surface area (TPSA) is 12.0 Å². The summed E-state index contributed by atoms with van der Waals surface area (Å²) >= 11 is 0. The zero-order valence-electron chi connectivity index (χ0n) is 11.5. The van der Waals surface area contributed by atoms with Crippen molar-refractivity contribution in [2.75, 3.05) is 13.1 Å². The lowest BCUT2D eigenvalue weighted by molar-refractivity contribution is -0.0394. The molecule has 5 aliphatic rings. The second-order valence-electron chi connectivity index (χ2n) is 7.45. The molecule has 0 saturated heterocycles. The van der Waals surface area contributed by atoms with Gasteiger partial charge in [-0.15, -0.1) is 0 Å². The Kier molecular flexibility index (Phi) is 2.99. The van der Waals surface area contributed by atoms with Gasteiger partial charge in [-0.25, -0.2) is 0 Å². The summed E-state index contributed by atoms with van der Waals surface area (Å²) in [6.07, 6.45) is 14.7. The average Bonchev–Trinajstić information content (AvgIpc) is 2.38. The molecule has 1 aliphatic heterocycles. The molecule has 0 amide bonds. The van der Waals surface area contributed by atoms with Crippen LogP contribution < -0.4 is 5.32 Å². The number of nitrogens with one attached hydrogen (secondary N) is 1. The molecular formula is C17H27N.